The lowest BCUT2D eigenvalue weighted by atomic mass is 9.95. The second-order valence-electron chi connectivity index (χ2n) is 6.86. The van der Waals surface area contributed by atoms with Crippen molar-refractivity contribution in [3.63, 3.8) is 0 Å². The molecule has 1 fully saturated rings. The molecule has 0 aromatic carbocycles. The third-order valence-corrected chi connectivity index (χ3v) is 6.54. The molecule has 124 valence electrons. The van der Waals surface area contributed by atoms with Gasteiger partial charge in [0, 0.05) is 12.1 Å². The van der Waals surface area contributed by atoms with E-state index < -0.39 is 8.53 Å². The van der Waals surface area contributed by atoms with E-state index in [0.29, 0.717) is 37.1 Å². The normalized spacial score (nSPS) is 28.0. The molecule has 2 bridgehead atoms. The Balaban J connectivity index is 1.91. The van der Waals surface area contributed by atoms with Crippen molar-refractivity contribution < 1.29 is 9.05 Å². The van der Waals surface area contributed by atoms with Crippen molar-refractivity contribution in [3.05, 3.63) is 23.6 Å². The van der Waals surface area contributed by atoms with Crippen LogP contribution in [0.2, 0.25) is 0 Å². The van der Waals surface area contributed by atoms with Crippen LogP contribution in [-0.2, 0) is 9.05 Å². The highest BCUT2D eigenvalue weighted by Gasteiger charge is 2.37. The third-order valence-electron chi connectivity index (χ3n) is 4.47. The summed E-state index contributed by atoms with van der Waals surface area (Å²) in [6, 6.07) is 0.748. The smallest absolute Gasteiger partial charge is 0.259 e. The molecule has 0 radical (unpaired) electrons. The molecule has 0 N–H and O–H groups in total. The quantitative estimate of drug-likeness (QED) is 0.270. The fraction of sp³-hybridized carbons (Fsp3) is 0.824. The lowest BCUT2D eigenvalue weighted by Crippen LogP contribution is -2.34. The zero-order chi connectivity index (χ0) is 16.1. The maximum atomic E-state index is 6.91. The van der Waals surface area contributed by atoms with Crippen LogP contribution in [0.25, 0.3) is 4.85 Å². The minimum atomic E-state index is -1.07. The summed E-state index contributed by atoms with van der Waals surface area (Å²) in [5.74, 6) is 2.13. The minimum absolute atomic E-state index is 0.374. The van der Waals surface area contributed by atoms with Gasteiger partial charge in [0.15, 0.2) is 0 Å². The highest BCUT2D eigenvalue weighted by atomic mass is 31.2. The van der Waals surface area contributed by atoms with E-state index in [1.807, 2.05) is 0 Å². The second kappa shape index (κ2) is 8.41. The maximum Gasteiger partial charge on any atom is 0.259 e. The van der Waals surface area contributed by atoms with Crippen LogP contribution < -0.4 is 0 Å². The van der Waals surface area contributed by atoms with E-state index in [4.69, 9.17) is 15.6 Å². The van der Waals surface area contributed by atoms with E-state index in [0.717, 1.165) is 12.5 Å². The Morgan fingerprint density at radius 1 is 1.18 bits per heavy atom. The van der Waals surface area contributed by atoms with Crippen molar-refractivity contribution in [3.8, 4) is 0 Å². The van der Waals surface area contributed by atoms with Gasteiger partial charge in [0.1, 0.15) is 6.61 Å². The lowest BCUT2D eigenvalue weighted by Gasteiger charge is -2.36. The van der Waals surface area contributed by atoms with Crippen molar-refractivity contribution >= 4 is 8.53 Å². The predicted octanol–water partition coefficient (Wildman–Crippen LogP) is 4.50. The Kier molecular flexibility index (Phi) is 6.84. The van der Waals surface area contributed by atoms with Crippen LogP contribution in [0, 0.1) is 24.3 Å². The summed E-state index contributed by atoms with van der Waals surface area (Å²) >= 11 is 0. The number of hydrogen-bond acceptors (Lipinski definition) is 3. The standard InChI is InChI=1S/C17H29N2O2P/c1-13(2)19(14(3)4)22(20-9-8-18-5)21-12-17-11-15-6-7-16(17)10-15/h6-7,13-17H,8-12H2,1-4H3. The van der Waals surface area contributed by atoms with Crippen molar-refractivity contribution in [1.29, 1.82) is 0 Å². The van der Waals surface area contributed by atoms with Gasteiger partial charge in [-0.3, -0.25) is 0 Å². The van der Waals surface area contributed by atoms with E-state index in [2.05, 4.69) is 49.4 Å². The van der Waals surface area contributed by atoms with E-state index in [1.165, 1.54) is 12.8 Å². The Labute approximate surface area is 136 Å². The molecule has 4 unspecified atom stereocenters. The van der Waals surface area contributed by atoms with E-state index in [1.54, 1.807) is 0 Å². The summed E-state index contributed by atoms with van der Waals surface area (Å²) < 4.78 is 14.5. The molecule has 22 heavy (non-hydrogen) atoms. The van der Waals surface area contributed by atoms with Crippen LogP contribution in [0.5, 0.6) is 0 Å². The molecule has 2 aliphatic rings. The van der Waals surface area contributed by atoms with Crippen molar-refractivity contribution in [2.45, 2.75) is 52.6 Å². The average molecular weight is 324 g/mol. The van der Waals surface area contributed by atoms with Crippen molar-refractivity contribution in [2.24, 2.45) is 17.8 Å². The molecule has 5 heteroatoms. The van der Waals surface area contributed by atoms with Crippen LogP contribution in [0.3, 0.4) is 0 Å². The summed E-state index contributed by atoms with van der Waals surface area (Å²) in [5.41, 5.74) is 0. The van der Waals surface area contributed by atoms with Gasteiger partial charge < -0.3 is 13.9 Å². The molecule has 2 rings (SSSR count). The molecule has 0 aromatic heterocycles. The number of allylic oxidation sites excluding steroid dienone is 2. The first kappa shape index (κ1) is 17.9. The van der Waals surface area contributed by atoms with Crippen LogP contribution in [0.15, 0.2) is 12.2 Å². The Hall–Kier alpha value is -0.460. The van der Waals surface area contributed by atoms with Gasteiger partial charge in [-0.1, -0.05) is 12.2 Å². The fourth-order valence-corrected chi connectivity index (χ4v) is 5.21. The first-order valence-electron chi connectivity index (χ1n) is 8.38. The summed E-state index contributed by atoms with van der Waals surface area (Å²) in [6.45, 7) is 17.3. The summed E-state index contributed by atoms with van der Waals surface area (Å²) in [6.07, 6.45) is 7.30. The third kappa shape index (κ3) is 4.52. The van der Waals surface area contributed by atoms with E-state index in [-0.39, 0.29) is 0 Å². The van der Waals surface area contributed by atoms with Crippen molar-refractivity contribution in [2.75, 3.05) is 19.8 Å². The summed E-state index contributed by atoms with van der Waals surface area (Å²) in [7, 11) is -1.07. The van der Waals surface area contributed by atoms with Gasteiger partial charge >= 0.3 is 0 Å². The SMILES string of the molecule is [C-]#[N+]CCOP(OCC1CC2C=CC1C2)N(C(C)C)C(C)C. The van der Waals surface area contributed by atoms with Crippen LogP contribution in [0.4, 0.5) is 0 Å². The molecule has 2 aliphatic carbocycles. The van der Waals surface area contributed by atoms with Gasteiger partial charge in [-0.05, 0) is 58.3 Å². The van der Waals surface area contributed by atoms with Gasteiger partial charge in [-0.25, -0.2) is 11.2 Å². The number of nitrogens with zero attached hydrogens (tertiary/aromatic N) is 2. The predicted molar refractivity (Wildman–Crippen MR) is 91.2 cm³/mol. The molecular formula is C17H29N2O2P. The Morgan fingerprint density at radius 3 is 2.41 bits per heavy atom. The van der Waals surface area contributed by atoms with Crippen LogP contribution in [0.1, 0.15) is 40.5 Å². The lowest BCUT2D eigenvalue weighted by molar-refractivity contribution is 0.153. The van der Waals surface area contributed by atoms with E-state index >= 15 is 0 Å². The van der Waals surface area contributed by atoms with Gasteiger partial charge in [-0.2, -0.15) is 0 Å². The molecule has 4 atom stereocenters. The monoisotopic (exact) mass is 324 g/mol. The molecule has 0 spiro atoms. The molecule has 0 aromatic rings. The van der Waals surface area contributed by atoms with Crippen LogP contribution in [-0.4, -0.2) is 36.5 Å². The van der Waals surface area contributed by atoms with Crippen molar-refractivity contribution in [1.82, 2.24) is 4.67 Å². The molecular weight excluding hydrogens is 295 g/mol. The van der Waals surface area contributed by atoms with Gasteiger partial charge in [0.25, 0.3) is 8.53 Å². The molecule has 0 aliphatic heterocycles. The highest BCUT2D eigenvalue weighted by molar-refractivity contribution is 7.44. The Bertz CT molecular complexity index is 411. The van der Waals surface area contributed by atoms with E-state index in [9.17, 15) is 0 Å². The summed E-state index contributed by atoms with van der Waals surface area (Å²) in [4.78, 5) is 3.38. The zero-order valence-electron chi connectivity index (χ0n) is 14.2. The maximum absolute atomic E-state index is 6.91. The number of hydrogen-bond donors (Lipinski definition) is 0. The highest BCUT2D eigenvalue weighted by Crippen LogP contribution is 2.49. The molecule has 0 amide bonds. The number of fused-ring (bicyclic) bond motifs is 2. The van der Waals surface area contributed by atoms with Gasteiger partial charge in [0.2, 0.25) is 6.54 Å². The first-order chi connectivity index (χ1) is 10.5. The summed E-state index contributed by atoms with van der Waals surface area (Å²) in [5, 5.41) is 0. The first-order valence-corrected chi connectivity index (χ1v) is 9.51. The average Bonchev–Trinajstić information content (AvgIpc) is 3.06. The van der Waals surface area contributed by atoms with Crippen LogP contribution >= 0.6 is 8.53 Å². The second-order valence-corrected chi connectivity index (χ2v) is 8.31. The molecule has 0 heterocycles. The largest absolute Gasteiger partial charge is 0.322 e. The van der Waals surface area contributed by atoms with Gasteiger partial charge in [-0.15, -0.1) is 0 Å². The number of rotatable bonds is 9. The molecule has 0 saturated heterocycles. The molecule has 1 saturated carbocycles. The fourth-order valence-electron chi connectivity index (χ4n) is 3.55. The van der Waals surface area contributed by atoms with Gasteiger partial charge in [0.05, 0.1) is 6.61 Å². The molecule has 4 nitrogen and oxygen atoms in total. The minimum Gasteiger partial charge on any atom is -0.322 e. The topological polar surface area (TPSA) is 26.1 Å². The Morgan fingerprint density at radius 2 is 1.91 bits per heavy atom. The zero-order valence-corrected chi connectivity index (χ0v) is 15.1.